The number of nitrogens with zero attached hydrogens (tertiary/aromatic N) is 2. The Balaban J connectivity index is 1.57. The van der Waals surface area contributed by atoms with E-state index in [1.54, 1.807) is 17.7 Å². The highest BCUT2D eigenvalue weighted by atomic mass is 32.2. The fourth-order valence-electron chi connectivity index (χ4n) is 3.68. The third-order valence-electron chi connectivity index (χ3n) is 5.58. The van der Waals surface area contributed by atoms with E-state index in [2.05, 4.69) is 35.2 Å². The average Bonchev–Trinajstić information content (AvgIpc) is 3.03. The summed E-state index contributed by atoms with van der Waals surface area (Å²) in [5, 5.41) is 4.94. The zero-order valence-corrected chi connectivity index (χ0v) is 18.3. The summed E-state index contributed by atoms with van der Waals surface area (Å²) in [6.45, 7) is 8.35. The van der Waals surface area contributed by atoms with Crippen molar-refractivity contribution < 1.29 is 4.79 Å². The normalized spacial score (nSPS) is 17.4. The number of benzene rings is 1. The van der Waals surface area contributed by atoms with Crippen LogP contribution in [0.25, 0.3) is 10.2 Å². The first-order valence-electron chi connectivity index (χ1n) is 9.73. The summed E-state index contributed by atoms with van der Waals surface area (Å²) in [4.78, 5) is 24.4. The molecule has 0 aliphatic heterocycles. The summed E-state index contributed by atoms with van der Waals surface area (Å²) < 4.78 is 0. The van der Waals surface area contributed by atoms with Gasteiger partial charge in [0.1, 0.15) is 16.2 Å². The van der Waals surface area contributed by atoms with E-state index >= 15 is 0 Å². The lowest BCUT2D eigenvalue weighted by molar-refractivity contribution is -0.115. The van der Waals surface area contributed by atoms with Crippen molar-refractivity contribution in [2.24, 2.45) is 5.92 Å². The van der Waals surface area contributed by atoms with Crippen molar-refractivity contribution in [3.8, 4) is 0 Å². The lowest BCUT2D eigenvalue weighted by Crippen LogP contribution is -2.23. The van der Waals surface area contributed by atoms with Crippen LogP contribution in [0.5, 0.6) is 0 Å². The van der Waals surface area contributed by atoms with Crippen LogP contribution < -0.4 is 5.32 Å². The second-order valence-corrected chi connectivity index (χ2v) is 10.1. The third kappa shape index (κ3) is 3.67. The molecule has 0 radical (unpaired) electrons. The molecule has 146 valence electrons. The summed E-state index contributed by atoms with van der Waals surface area (Å²) in [5.74, 6) is 0.732. The van der Waals surface area contributed by atoms with Gasteiger partial charge < -0.3 is 5.32 Å². The predicted octanol–water partition coefficient (Wildman–Crippen LogP) is 5.55. The van der Waals surface area contributed by atoms with E-state index in [1.807, 2.05) is 26.0 Å². The van der Waals surface area contributed by atoms with Gasteiger partial charge in [-0.2, -0.15) is 0 Å². The van der Waals surface area contributed by atoms with Crippen LogP contribution in [0.2, 0.25) is 0 Å². The molecule has 1 amide bonds. The smallest absolute Gasteiger partial charge is 0.237 e. The van der Waals surface area contributed by atoms with Gasteiger partial charge in [0.15, 0.2) is 0 Å². The van der Waals surface area contributed by atoms with Crippen molar-refractivity contribution in [3.63, 3.8) is 0 Å². The van der Waals surface area contributed by atoms with Gasteiger partial charge >= 0.3 is 0 Å². The first-order chi connectivity index (χ1) is 13.4. The molecule has 4 nitrogen and oxygen atoms in total. The van der Waals surface area contributed by atoms with Gasteiger partial charge in [-0.1, -0.05) is 30.8 Å². The Kier molecular flexibility index (Phi) is 5.43. The van der Waals surface area contributed by atoms with E-state index in [9.17, 15) is 4.79 Å². The molecule has 1 aliphatic rings. The summed E-state index contributed by atoms with van der Waals surface area (Å²) in [6, 6.07) is 5.99. The molecule has 1 aliphatic carbocycles. The number of thiophene rings is 1. The first kappa shape index (κ1) is 19.4. The number of nitrogens with one attached hydrogen (secondary N) is 1. The fourth-order valence-corrected chi connectivity index (χ4v) is 6.04. The molecule has 0 spiro atoms. The number of aryl methyl sites for hydroxylation is 2. The van der Waals surface area contributed by atoms with Gasteiger partial charge in [0.25, 0.3) is 0 Å². The lowest BCUT2D eigenvalue weighted by atomic mass is 9.89. The first-order valence-corrected chi connectivity index (χ1v) is 11.4. The molecule has 2 atom stereocenters. The highest BCUT2D eigenvalue weighted by Gasteiger charge is 2.25. The van der Waals surface area contributed by atoms with Crippen LogP contribution in [-0.4, -0.2) is 21.1 Å². The number of hydrogen-bond acceptors (Lipinski definition) is 5. The average molecular weight is 412 g/mol. The van der Waals surface area contributed by atoms with Crippen LogP contribution in [0.15, 0.2) is 29.6 Å². The number of aromatic nitrogens is 2. The largest absolute Gasteiger partial charge is 0.325 e. The zero-order chi connectivity index (χ0) is 19.8. The Morgan fingerprint density at radius 3 is 2.96 bits per heavy atom. The molecule has 6 heteroatoms. The van der Waals surface area contributed by atoms with E-state index in [-0.39, 0.29) is 11.2 Å². The molecule has 0 saturated heterocycles. The quantitative estimate of drug-likeness (QED) is 0.451. The van der Waals surface area contributed by atoms with Gasteiger partial charge in [-0.05, 0) is 68.7 Å². The third-order valence-corrected chi connectivity index (χ3v) is 7.84. The molecule has 0 fully saturated rings. The number of amides is 1. The summed E-state index contributed by atoms with van der Waals surface area (Å²) in [7, 11) is 0. The summed E-state index contributed by atoms with van der Waals surface area (Å²) in [5.41, 5.74) is 4.57. The maximum atomic E-state index is 12.8. The summed E-state index contributed by atoms with van der Waals surface area (Å²) in [6.07, 6.45) is 5.05. The number of fused-ring (bicyclic) bond motifs is 3. The molecule has 1 aromatic carbocycles. The number of hydrogen-bond donors (Lipinski definition) is 1. The highest BCUT2D eigenvalue weighted by molar-refractivity contribution is 8.00. The standard InChI is InChI=1S/C22H25N3OS2/c1-12-8-9-16-18(10-12)28-22-19(16)21(23-11-24-22)27-15(4)20(26)25-17-7-5-6-13(2)14(17)3/h5-7,11-12,15H,8-10H2,1-4H3,(H,25,26). The van der Waals surface area contributed by atoms with E-state index in [4.69, 9.17) is 0 Å². The van der Waals surface area contributed by atoms with Crippen molar-refractivity contribution in [3.05, 3.63) is 46.1 Å². The highest BCUT2D eigenvalue weighted by Crippen LogP contribution is 2.41. The van der Waals surface area contributed by atoms with Gasteiger partial charge in [0, 0.05) is 16.0 Å². The van der Waals surface area contributed by atoms with Crippen LogP contribution in [-0.2, 0) is 17.6 Å². The van der Waals surface area contributed by atoms with Crippen LogP contribution in [0.3, 0.4) is 0 Å². The van der Waals surface area contributed by atoms with Crippen molar-refractivity contribution in [1.82, 2.24) is 9.97 Å². The van der Waals surface area contributed by atoms with Gasteiger partial charge in [0.05, 0.1) is 5.25 Å². The Hall–Kier alpha value is -1.92. The van der Waals surface area contributed by atoms with Gasteiger partial charge in [-0.3, -0.25) is 4.79 Å². The number of anilines is 1. The van der Waals surface area contributed by atoms with Crippen molar-refractivity contribution in [1.29, 1.82) is 0 Å². The van der Waals surface area contributed by atoms with Gasteiger partial charge in [-0.15, -0.1) is 11.3 Å². The monoisotopic (exact) mass is 411 g/mol. The zero-order valence-electron chi connectivity index (χ0n) is 16.7. The molecular formula is C22H25N3OS2. The van der Waals surface area contributed by atoms with Crippen molar-refractivity contribution in [2.45, 2.75) is 57.2 Å². The Morgan fingerprint density at radius 1 is 1.32 bits per heavy atom. The second kappa shape index (κ2) is 7.84. The molecule has 2 heterocycles. The predicted molar refractivity (Wildman–Crippen MR) is 118 cm³/mol. The van der Waals surface area contributed by atoms with Crippen LogP contribution in [0, 0.1) is 19.8 Å². The van der Waals surface area contributed by atoms with Gasteiger partial charge in [-0.25, -0.2) is 9.97 Å². The Bertz CT molecular complexity index is 1040. The van der Waals surface area contributed by atoms with Crippen molar-refractivity contribution in [2.75, 3.05) is 5.32 Å². The van der Waals surface area contributed by atoms with Crippen LogP contribution >= 0.6 is 23.1 Å². The molecule has 2 aromatic heterocycles. The van der Waals surface area contributed by atoms with E-state index in [0.717, 1.165) is 39.9 Å². The lowest BCUT2D eigenvalue weighted by Gasteiger charge is -2.18. The molecule has 28 heavy (non-hydrogen) atoms. The number of carbonyl (C=O) groups excluding carboxylic acids is 1. The summed E-state index contributed by atoms with van der Waals surface area (Å²) >= 11 is 3.33. The minimum atomic E-state index is -0.240. The Morgan fingerprint density at radius 2 is 2.14 bits per heavy atom. The van der Waals surface area contributed by atoms with Gasteiger partial charge in [0.2, 0.25) is 5.91 Å². The second-order valence-electron chi connectivity index (χ2n) is 7.71. The van der Waals surface area contributed by atoms with E-state index in [1.165, 1.54) is 39.6 Å². The molecule has 4 rings (SSSR count). The number of thioether (sulfide) groups is 1. The van der Waals surface area contributed by atoms with Crippen LogP contribution in [0.4, 0.5) is 5.69 Å². The minimum Gasteiger partial charge on any atom is -0.325 e. The van der Waals surface area contributed by atoms with E-state index in [0.29, 0.717) is 0 Å². The molecule has 2 unspecified atom stereocenters. The van der Waals surface area contributed by atoms with Crippen molar-refractivity contribution >= 4 is 44.9 Å². The molecular weight excluding hydrogens is 386 g/mol. The maximum absolute atomic E-state index is 12.8. The minimum absolute atomic E-state index is 0.00295. The van der Waals surface area contributed by atoms with Crippen LogP contribution in [0.1, 0.15) is 41.8 Å². The fraction of sp³-hybridized carbons (Fsp3) is 0.409. The SMILES string of the molecule is Cc1cccc(NC(=O)C(C)Sc2ncnc3sc4c(c23)CCC(C)C4)c1C. The topological polar surface area (TPSA) is 54.9 Å². The number of rotatable bonds is 4. The molecule has 3 aromatic rings. The maximum Gasteiger partial charge on any atom is 0.237 e. The van der Waals surface area contributed by atoms with E-state index < -0.39 is 0 Å². The number of carbonyl (C=O) groups is 1. The Labute approximate surface area is 174 Å². The molecule has 1 N–H and O–H groups in total. The molecule has 0 saturated carbocycles. The molecule has 0 bridgehead atoms.